The van der Waals surface area contributed by atoms with Crippen LogP contribution in [0.5, 0.6) is 5.75 Å². The lowest BCUT2D eigenvalue weighted by Crippen LogP contribution is -2.31. The van der Waals surface area contributed by atoms with E-state index in [0.29, 0.717) is 11.4 Å². The highest BCUT2D eigenvalue weighted by Crippen LogP contribution is 2.24. The molecule has 1 atom stereocenters. The molecule has 1 amide bonds. The van der Waals surface area contributed by atoms with Crippen LogP contribution in [0, 0.1) is 0 Å². The molecule has 2 aromatic carbocycles. The van der Waals surface area contributed by atoms with Crippen LogP contribution in [0.1, 0.15) is 6.92 Å². The van der Waals surface area contributed by atoms with Gasteiger partial charge in [-0.1, -0.05) is 29.5 Å². The van der Waals surface area contributed by atoms with Crippen molar-refractivity contribution < 1.29 is 22.7 Å². The van der Waals surface area contributed by atoms with Crippen molar-refractivity contribution in [1.82, 2.24) is 10.2 Å². The van der Waals surface area contributed by atoms with Gasteiger partial charge in [-0.2, -0.15) is 10.2 Å². The van der Waals surface area contributed by atoms with Gasteiger partial charge < -0.3 is 10.1 Å². The molecule has 0 spiro atoms. The van der Waals surface area contributed by atoms with Gasteiger partial charge in [0.15, 0.2) is 5.78 Å². The lowest BCUT2D eigenvalue weighted by molar-refractivity contribution is -0.126. The summed E-state index contributed by atoms with van der Waals surface area (Å²) >= 11 is 1.03. The van der Waals surface area contributed by atoms with Crippen LogP contribution in [0.25, 0.3) is 0 Å². The zero-order chi connectivity index (χ0) is 23.1. The van der Waals surface area contributed by atoms with Gasteiger partial charge in [0.25, 0.3) is 15.9 Å². The van der Waals surface area contributed by atoms with Crippen LogP contribution in [0.2, 0.25) is 0 Å². The average Bonchev–Trinajstić information content (AvgIpc) is 3.26. The minimum atomic E-state index is -3.93. The second-order valence-corrected chi connectivity index (χ2v) is 8.78. The van der Waals surface area contributed by atoms with Crippen molar-refractivity contribution in [1.29, 1.82) is 0 Å². The molecule has 0 aliphatic carbocycles. The molecule has 0 unspecified atom stereocenters. The summed E-state index contributed by atoms with van der Waals surface area (Å²) in [5, 5.41) is 17.6. The van der Waals surface area contributed by atoms with Crippen molar-refractivity contribution in [3.05, 3.63) is 54.0 Å². The minimum Gasteiger partial charge on any atom is -0.495 e. The Bertz CT molecular complexity index is 1240. The summed E-state index contributed by atoms with van der Waals surface area (Å²) in [6.45, 7) is 1.21. The first-order valence-electron chi connectivity index (χ1n) is 9.04. The van der Waals surface area contributed by atoms with Crippen LogP contribution in [-0.4, -0.2) is 43.5 Å². The van der Waals surface area contributed by atoms with E-state index in [-0.39, 0.29) is 15.7 Å². The number of nitrogens with zero attached hydrogens (tertiary/aromatic N) is 4. The number of rotatable bonds is 9. The maximum absolute atomic E-state index is 12.6. The van der Waals surface area contributed by atoms with Crippen LogP contribution < -0.4 is 14.8 Å². The van der Waals surface area contributed by atoms with E-state index >= 15 is 0 Å². The van der Waals surface area contributed by atoms with E-state index in [9.17, 15) is 18.0 Å². The Balaban J connectivity index is 1.79. The monoisotopic (exact) mass is 474 g/mol. The predicted molar refractivity (Wildman–Crippen MR) is 118 cm³/mol. The third kappa shape index (κ3) is 5.70. The number of para-hydroxylation sites is 2. The summed E-state index contributed by atoms with van der Waals surface area (Å²) in [6.07, 6.45) is 0. The Hall–Kier alpha value is -3.71. The number of nitrogens with one attached hydrogen (secondary N) is 2. The number of sulfonamides is 1. The number of carbonyl (C=O) groups is 2. The standard InChI is InChI=1S/C19H18N6O5S2/c1-12(26)17(18(27)21-15-8-3-4-9-16(15)30-2)23-22-13-6-5-7-14(10-13)32(28,29)25-19-24-20-11-31-19/h3-11,17H,1-2H3,(H,21,27)(H,24,25)/t17-/m1/s1. The molecule has 32 heavy (non-hydrogen) atoms. The molecule has 11 nitrogen and oxygen atoms in total. The van der Waals surface area contributed by atoms with Gasteiger partial charge in [0.1, 0.15) is 11.3 Å². The zero-order valence-electron chi connectivity index (χ0n) is 16.9. The number of methoxy groups -OCH3 is 1. The molecule has 1 heterocycles. The molecule has 0 saturated heterocycles. The van der Waals surface area contributed by atoms with E-state index in [1.165, 1.54) is 43.8 Å². The number of carbonyl (C=O) groups excluding carboxylic acids is 2. The van der Waals surface area contributed by atoms with Crippen LogP contribution >= 0.6 is 11.3 Å². The second kappa shape index (κ2) is 10.1. The number of aromatic nitrogens is 2. The van der Waals surface area contributed by atoms with E-state index in [4.69, 9.17) is 4.74 Å². The molecule has 2 N–H and O–H groups in total. The van der Waals surface area contributed by atoms with Gasteiger partial charge in [-0.25, -0.2) is 8.42 Å². The van der Waals surface area contributed by atoms with Gasteiger partial charge in [0.2, 0.25) is 11.2 Å². The van der Waals surface area contributed by atoms with Gasteiger partial charge in [-0.15, -0.1) is 10.2 Å². The van der Waals surface area contributed by atoms with E-state index in [1.807, 2.05) is 0 Å². The maximum Gasteiger partial charge on any atom is 0.263 e. The summed E-state index contributed by atoms with van der Waals surface area (Å²) in [6, 6.07) is 10.8. The average molecular weight is 475 g/mol. The summed E-state index contributed by atoms with van der Waals surface area (Å²) in [5.74, 6) is -0.823. The first-order valence-corrected chi connectivity index (χ1v) is 11.4. The van der Waals surface area contributed by atoms with Gasteiger partial charge in [-0.05, 0) is 37.3 Å². The molecule has 0 radical (unpaired) electrons. The molecule has 0 saturated carbocycles. The number of ether oxygens (including phenoxy) is 1. The Morgan fingerprint density at radius 1 is 1.16 bits per heavy atom. The number of benzene rings is 2. The molecular formula is C19H18N6O5S2. The number of azo groups is 1. The smallest absolute Gasteiger partial charge is 0.263 e. The van der Waals surface area contributed by atoms with E-state index in [2.05, 4.69) is 30.5 Å². The van der Waals surface area contributed by atoms with Crippen LogP contribution in [-0.2, 0) is 19.6 Å². The van der Waals surface area contributed by atoms with Gasteiger partial charge in [0, 0.05) is 0 Å². The first-order chi connectivity index (χ1) is 15.3. The fraction of sp³-hybridized carbons (Fsp3) is 0.158. The van der Waals surface area contributed by atoms with E-state index < -0.39 is 27.8 Å². The molecule has 3 aromatic rings. The van der Waals surface area contributed by atoms with Crippen LogP contribution in [0.4, 0.5) is 16.5 Å². The number of Topliss-reactive ketones (excluding diaryl/α,β-unsaturated/α-hetero) is 1. The second-order valence-electron chi connectivity index (χ2n) is 6.26. The van der Waals surface area contributed by atoms with Crippen molar-refractivity contribution in [3.63, 3.8) is 0 Å². The molecule has 1 aromatic heterocycles. The molecule has 0 fully saturated rings. The Morgan fingerprint density at radius 3 is 2.62 bits per heavy atom. The Morgan fingerprint density at radius 2 is 1.94 bits per heavy atom. The summed E-state index contributed by atoms with van der Waals surface area (Å²) in [7, 11) is -2.48. The van der Waals surface area contributed by atoms with Crippen molar-refractivity contribution in [2.45, 2.75) is 17.9 Å². The quantitative estimate of drug-likeness (QED) is 0.357. The van der Waals surface area contributed by atoms with Crippen molar-refractivity contribution in [2.75, 3.05) is 17.1 Å². The Labute approximate surface area is 187 Å². The molecular weight excluding hydrogens is 456 g/mol. The first kappa shape index (κ1) is 23.0. The van der Waals surface area contributed by atoms with Gasteiger partial charge in [-0.3, -0.25) is 14.3 Å². The molecule has 0 bridgehead atoms. The largest absolute Gasteiger partial charge is 0.495 e. The van der Waals surface area contributed by atoms with Crippen molar-refractivity contribution in [2.24, 2.45) is 10.2 Å². The lowest BCUT2D eigenvalue weighted by Gasteiger charge is -2.12. The fourth-order valence-corrected chi connectivity index (χ4v) is 4.23. The number of hydrogen-bond donors (Lipinski definition) is 2. The number of amides is 1. The van der Waals surface area contributed by atoms with E-state index in [0.717, 1.165) is 11.3 Å². The topological polar surface area (TPSA) is 152 Å². The van der Waals surface area contributed by atoms with Crippen LogP contribution in [0.15, 0.2) is 69.2 Å². The summed E-state index contributed by atoms with van der Waals surface area (Å²) < 4.78 is 32.5. The highest BCUT2D eigenvalue weighted by atomic mass is 32.2. The zero-order valence-corrected chi connectivity index (χ0v) is 18.6. The predicted octanol–water partition coefficient (Wildman–Crippen LogP) is 3.03. The van der Waals surface area contributed by atoms with Crippen molar-refractivity contribution >= 4 is 49.6 Å². The Kier molecular flexibility index (Phi) is 7.22. The third-order valence-electron chi connectivity index (χ3n) is 4.00. The molecule has 13 heteroatoms. The highest BCUT2D eigenvalue weighted by molar-refractivity contribution is 7.93. The normalized spacial score (nSPS) is 12.3. The van der Waals surface area contributed by atoms with E-state index in [1.54, 1.807) is 24.3 Å². The number of anilines is 2. The fourth-order valence-electron chi connectivity index (χ4n) is 2.50. The van der Waals surface area contributed by atoms with Crippen LogP contribution in [0.3, 0.4) is 0 Å². The van der Waals surface area contributed by atoms with Gasteiger partial charge >= 0.3 is 0 Å². The molecule has 3 rings (SSSR count). The molecule has 166 valence electrons. The minimum absolute atomic E-state index is 0.0954. The summed E-state index contributed by atoms with van der Waals surface area (Å²) in [5.41, 5.74) is 1.90. The highest BCUT2D eigenvalue weighted by Gasteiger charge is 2.24. The maximum atomic E-state index is 12.6. The van der Waals surface area contributed by atoms with Gasteiger partial charge in [0.05, 0.1) is 23.4 Å². The third-order valence-corrected chi connectivity index (χ3v) is 6.07. The molecule has 0 aliphatic heterocycles. The SMILES string of the molecule is COc1ccccc1NC(=O)[C@H](N=Nc1cccc(S(=O)(=O)Nc2nncs2)c1)C(C)=O. The lowest BCUT2D eigenvalue weighted by atomic mass is 10.2. The number of ketones is 1. The summed E-state index contributed by atoms with van der Waals surface area (Å²) in [4.78, 5) is 24.5. The van der Waals surface area contributed by atoms with Crippen molar-refractivity contribution in [3.8, 4) is 5.75 Å². The number of hydrogen-bond acceptors (Lipinski definition) is 10. The molecule has 0 aliphatic rings.